The molecule has 0 radical (unpaired) electrons. The number of hydrogen-bond donors (Lipinski definition) is 3. The van der Waals surface area contributed by atoms with Gasteiger partial charge >= 0.3 is 5.97 Å². The van der Waals surface area contributed by atoms with Gasteiger partial charge in [0.2, 0.25) is 0 Å². The van der Waals surface area contributed by atoms with Crippen molar-refractivity contribution in [1.29, 1.82) is 0 Å². The van der Waals surface area contributed by atoms with E-state index in [1.165, 1.54) is 5.56 Å². The second-order valence-electron chi connectivity index (χ2n) is 10.7. The molecule has 2 aromatic carbocycles. The zero-order valence-electron chi connectivity index (χ0n) is 23.4. The maximum atomic E-state index is 12.3. The van der Waals surface area contributed by atoms with Gasteiger partial charge < -0.3 is 24.8 Å². The summed E-state index contributed by atoms with van der Waals surface area (Å²) in [5.74, 6) is 0.809. The van der Waals surface area contributed by atoms with Crippen molar-refractivity contribution in [3.63, 3.8) is 0 Å². The molecule has 2 rings (SSSR count). The molecule has 206 valence electrons. The second-order valence-corrected chi connectivity index (χ2v) is 10.7. The molecule has 0 aliphatic rings. The fraction of sp³-hybridized carbons (Fsp3) is 0.581. The number of aliphatic hydroxyl groups is 2. The minimum absolute atomic E-state index is 0.153. The van der Waals surface area contributed by atoms with Gasteiger partial charge in [-0.3, -0.25) is 0 Å². The highest BCUT2D eigenvalue weighted by Crippen LogP contribution is 2.29. The number of carbonyl (C=O) groups is 1. The third-order valence-electron chi connectivity index (χ3n) is 6.76. The van der Waals surface area contributed by atoms with Crippen LogP contribution in [0.4, 0.5) is 0 Å². The zero-order valence-corrected chi connectivity index (χ0v) is 23.4. The quantitative estimate of drug-likeness (QED) is 0.248. The Balaban J connectivity index is 1.81. The van der Waals surface area contributed by atoms with E-state index in [2.05, 4.69) is 19.9 Å². The van der Waals surface area contributed by atoms with Gasteiger partial charge in [0.15, 0.2) is 6.61 Å². The van der Waals surface area contributed by atoms with Crippen LogP contribution in [0.1, 0.15) is 100.0 Å². The molecule has 0 aliphatic heterocycles. The van der Waals surface area contributed by atoms with Crippen molar-refractivity contribution in [2.45, 2.75) is 111 Å². The first-order chi connectivity index (χ1) is 17.5. The Bertz CT molecular complexity index is 974. The predicted molar refractivity (Wildman–Crippen MR) is 147 cm³/mol. The van der Waals surface area contributed by atoms with Crippen LogP contribution in [0.3, 0.4) is 0 Å². The number of rotatable bonds is 15. The van der Waals surface area contributed by atoms with Gasteiger partial charge in [0, 0.05) is 0 Å². The van der Waals surface area contributed by atoms with E-state index in [-0.39, 0.29) is 30.8 Å². The summed E-state index contributed by atoms with van der Waals surface area (Å²) in [6.07, 6.45) is 4.09. The minimum atomic E-state index is -0.408. The van der Waals surface area contributed by atoms with Gasteiger partial charge in [-0.05, 0) is 125 Å². The zero-order chi connectivity index (χ0) is 27.5. The molecule has 0 heterocycles. The number of aryl methyl sites for hydroxylation is 2. The number of esters is 1. The van der Waals surface area contributed by atoms with Crippen molar-refractivity contribution in [3.8, 4) is 11.5 Å². The predicted octanol–water partition coefficient (Wildman–Crippen LogP) is 6.12. The fourth-order valence-corrected chi connectivity index (χ4v) is 4.59. The summed E-state index contributed by atoms with van der Waals surface area (Å²) in [5, 5.41) is 29.4. The van der Waals surface area contributed by atoms with Crippen LogP contribution in [0.25, 0.3) is 0 Å². The van der Waals surface area contributed by atoms with E-state index in [1.807, 2.05) is 39.0 Å². The second kappa shape index (κ2) is 15.0. The number of ether oxygens (including phenoxy) is 2. The highest BCUT2D eigenvalue weighted by molar-refractivity contribution is 5.71. The molecule has 0 aliphatic carbocycles. The summed E-state index contributed by atoms with van der Waals surface area (Å²) in [6.45, 7) is 11.7. The lowest BCUT2D eigenvalue weighted by Crippen LogP contribution is -2.21. The molecule has 3 atom stereocenters. The summed E-state index contributed by atoms with van der Waals surface area (Å²) in [7, 11) is 0. The molecule has 2 aromatic rings. The number of carbonyl (C=O) groups excluding carboxylic acids is 1. The largest absolute Gasteiger partial charge is 0.508 e. The average Bonchev–Trinajstić information content (AvgIpc) is 2.80. The van der Waals surface area contributed by atoms with Gasteiger partial charge in [-0.25, -0.2) is 4.79 Å². The maximum Gasteiger partial charge on any atom is 0.344 e. The highest BCUT2D eigenvalue weighted by atomic mass is 16.6. The molecule has 0 spiro atoms. The summed E-state index contributed by atoms with van der Waals surface area (Å²) in [6, 6.07) is 9.68. The van der Waals surface area contributed by atoms with E-state index in [9.17, 15) is 20.1 Å². The van der Waals surface area contributed by atoms with Crippen molar-refractivity contribution >= 4 is 5.97 Å². The van der Waals surface area contributed by atoms with Crippen LogP contribution in [0.2, 0.25) is 0 Å². The van der Waals surface area contributed by atoms with Crippen LogP contribution < -0.4 is 4.74 Å². The molecule has 6 nitrogen and oxygen atoms in total. The normalized spacial score (nSPS) is 13.9. The minimum Gasteiger partial charge on any atom is -0.508 e. The summed E-state index contributed by atoms with van der Waals surface area (Å²) in [5.41, 5.74) is 5.47. The van der Waals surface area contributed by atoms with Crippen molar-refractivity contribution in [1.82, 2.24) is 0 Å². The lowest BCUT2D eigenvalue weighted by atomic mass is 9.93. The Morgan fingerprint density at radius 1 is 0.892 bits per heavy atom. The van der Waals surface area contributed by atoms with E-state index >= 15 is 0 Å². The van der Waals surface area contributed by atoms with Gasteiger partial charge in [-0.1, -0.05) is 26.0 Å². The van der Waals surface area contributed by atoms with Crippen LogP contribution in [0.15, 0.2) is 30.3 Å². The molecular formula is C31H46O6. The lowest BCUT2D eigenvalue weighted by molar-refractivity contribution is -0.151. The van der Waals surface area contributed by atoms with E-state index in [0.717, 1.165) is 41.5 Å². The molecule has 0 saturated heterocycles. The smallest absolute Gasteiger partial charge is 0.344 e. The number of benzene rings is 2. The van der Waals surface area contributed by atoms with Crippen LogP contribution in [0.5, 0.6) is 11.5 Å². The number of phenolic OH excluding ortho intramolecular Hbond substituents is 1. The Morgan fingerprint density at radius 3 is 2.11 bits per heavy atom. The molecule has 37 heavy (non-hydrogen) atoms. The first kappa shape index (κ1) is 30.7. The first-order valence-electron chi connectivity index (χ1n) is 13.6. The van der Waals surface area contributed by atoms with E-state index in [1.54, 1.807) is 13.0 Å². The highest BCUT2D eigenvalue weighted by Gasteiger charge is 2.14. The first-order valence-corrected chi connectivity index (χ1v) is 13.6. The fourth-order valence-electron chi connectivity index (χ4n) is 4.59. The number of hydrogen-bond acceptors (Lipinski definition) is 6. The third-order valence-corrected chi connectivity index (χ3v) is 6.76. The Hall–Kier alpha value is -2.57. The SMILES string of the molecule is Cc1cc(OCC(=O)OC(C)CCCC(O)CCC[C@@H](C)O)cc(C)c1Cc1ccc(O)c(C(C)C)c1. The standard InChI is InChI=1S/C31H46O6/c1-20(2)28-17-25(13-14-30(28)34)18-29-21(3)15-27(16-22(29)4)36-19-31(35)37-24(6)10-8-12-26(33)11-7-9-23(5)32/h13-17,20,23-24,26,32-34H,7-12,18-19H2,1-6H3/t23-,24?,26?/m1/s1. The molecule has 6 heteroatoms. The lowest BCUT2D eigenvalue weighted by Gasteiger charge is -2.17. The Kier molecular flexibility index (Phi) is 12.4. The molecule has 2 unspecified atom stereocenters. The molecule has 0 bridgehead atoms. The molecule has 0 saturated carbocycles. The van der Waals surface area contributed by atoms with Crippen molar-refractivity contribution in [2.75, 3.05) is 6.61 Å². The third kappa shape index (κ3) is 10.7. The molecule has 0 fully saturated rings. The molecule has 3 N–H and O–H groups in total. The number of aromatic hydroxyl groups is 1. The Labute approximate surface area is 222 Å². The van der Waals surface area contributed by atoms with E-state index in [0.29, 0.717) is 37.2 Å². The monoisotopic (exact) mass is 514 g/mol. The van der Waals surface area contributed by atoms with Gasteiger partial charge in [-0.15, -0.1) is 0 Å². The van der Waals surface area contributed by atoms with Crippen LogP contribution in [-0.2, 0) is 16.0 Å². The van der Waals surface area contributed by atoms with Crippen molar-refractivity contribution in [3.05, 3.63) is 58.1 Å². The van der Waals surface area contributed by atoms with Gasteiger partial charge in [0.25, 0.3) is 0 Å². The maximum absolute atomic E-state index is 12.3. The van der Waals surface area contributed by atoms with Gasteiger partial charge in [0.1, 0.15) is 11.5 Å². The van der Waals surface area contributed by atoms with Crippen LogP contribution in [-0.4, -0.2) is 46.2 Å². The molecular weight excluding hydrogens is 468 g/mol. The Morgan fingerprint density at radius 2 is 1.51 bits per heavy atom. The summed E-state index contributed by atoms with van der Waals surface area (Å²) < 4.78 is 11.2. The van der Waals surface area contributed by atoms with Crippen molar-refractivity contribution < 1.29 is 29.6 Å². The van der Waals surface area contributed by atoms with Crippen LogP contribution >= 0.6 is 0 Å². The van der Waals surface area contributed by atoms with E-state index in [4.69, 9.17) is 9.47 Å². The van der Waals surface area contributed by atoms with Crippen LogP contribution in [0, 0.1) is 13.8 Å². The molecule has 0 amide bonds. The van der Waals surface area contributed by atoms with Gasteiger partial charge in [0.05, 0.1) is 18.3 Å². The summed E-state index contributed by atoms with van der Waals surface area (Å²) in [4.78, 5) is 12.3. The molecule has 0 aromatic heterocycles. The van der Waals surface area contributed by atoms with Crippen molar-refractivity contribution in [2.24, 2.45) is 0 Å². The van der Waals surface area contributed by atoms with E-state index < -0.39 is 5.97 Å². The number of phenols is 1. The topological polar surface area (TPSA) is 96.2 Å². The summed E-state index contributed by atoms with van der Waals surface area (Å²) >= 11 is 0. The number of aliphatic hydroxyl groups excluding tert-OH is 2. The van der Waals surface area contributed by atoms with Gasteiger partial charge in [-0.2, -0.15) is 0 Å². The average molecular weight is 515 g/mol.